The number of carbonyl (C=O) groups excluding carboxylic acids is 1. The Hall–Kier alpha value is -3.32. The number of anilines is 1. The third-order valence-electron chi connectivity index (χ3n) is 5.23. The SMILES string of the molecule is COc1ccccc1C(=O)NCc1cc(-c2ccccc2N)n(C2CCCCO2)n1. The molecule has 30 heavy (non-hydrogen) atoms. The van der Waals surface area contributed by atoms with E-state index in [0.717, 1.165) is 36.2 Å². The number of rotatable bonds is 6. The topological polar surface area (TPSA) is 91.4 Å². The van der Waals surface area contributed by atoms with E-state index < -0.39 is 0 Å². The number of nitrogen functional groups attached to an aromatic ring is 1. The maximum absolute atomic E-state index is 12.6. The normalized spacial score (nSPS) is 16.2. The lowest BCUT2D eigenvalue weighted by atomic mass is 10.1. The average Bonchev–Trinajstić information content (AvgIpc) is 3.22. The van der Waals surface area contributed by atoms with Gasteiger partial charge in [0, 0.05) is 17.9 Å². The van der Waals surface area contributed by atoms with Gasteiger partial charge in [0.2, 0.25) is 0 Å². The molecule has 3 N–H and O–H groups in total. The maximum Gasteiger partial charge on any atom is 0.255 e. The summed E-state index contributed by atoms with van der Waals surface area (Å²) in [7, 11) is 1.55. The predicted octanol–water partition coefficient (Wildman–Crippen LogP) is 3.77. The van der Waals surface area contributed by atoms with Gasteiger partial charge in [-0.05, 0) is 43.5 Å². The van der Waals surface area contributed by atoms with E-state index in [1.54, 1.807) is 19.2 Å². The maximum atomic E-state index is 12.6. The number of amides is 1. The van der Waals surface area contributed by atoms with Crippen molar-refractivity contribution in [2.24, 2.45) is 0 Å². The number of nitrogens with one attached hydrogen (secondary N) is 1. The first kappa shape index (κ1) is 20.0. The Labute approximate surface area is 175 Å². The van der Waals surface area contributed by atoms with E-state index in [9.17, 15) is 4.79 Å². The summed E-state index contributed by atoms with van der Waals surface area (Å²) in [4.78, 5) is 12.6. The van der Waals surface area contributed by atoms with Crippen LogP contribution in [0.1, 0.15) is 41.5 Å². The van der Waals surface area contributed by atoms with Gasteiger partial charge in [0.25, 0.3) is 5.91 Å². The highest BCUT2D eigenvalue weighted by molar-refractivity contribution is 5.96. The number of benzene rings is 2. The number of para-hydroxylation sites is 2. The number of ether oxygens (including phenoxy) is 2. The molecule has 1 aliphatic heterocycles. The largest absolute Gasteiger partial charge is 0.496 e. The van der Waals surface area contributed by atoms with Crippen molar-refractivity contribution < 1.29 is 14.3 Å². The summed E-state index contributed by atoms with van der Waals surface area (Å²) < 4.78 is 13.1. The summed E-state index contributed by atoms with van der Waals surface area (Å²) in [6.07, 6.45) is 2.91. The van der Waals surface area contributed by atoms with Gasteiger partial charge in [-0.15, -0.1) is 0 Å². The van der Waals surface area contributed by atoms with Gasteiger partial charge in [-0.1, -0.05) is 30.3 Å². The van der Waals surface area contributed by atoms with Crippen LogP contribution in [0.25, 0.3) is 11.3 Å². The monoisotopic (exact) mass is 406 g/mol. The van der Waals surface area contributed by atoms with E-state index in [4.69, 9.17) is 20.3 Å². The summed E-state index contributed by atoms with van der Waals surface area (Å²) in [5.74, 6) is 0.325. The van der Waals surface area contributed by atoms with Gasteiger partial charge >= 0.3 is 0 Å². The quantitative estimate of drug-likeness (QED) is 0.608. The Morgan fingerprint density at radius 3 is 2.80 bits per heavy atom. The van der Waals surface area contributed by atoms with Gasteiger partial charge in [0.15, 0.2) is 6.23 Å². The van der Waals surface area contributed by atoms with Crippen molar-refractivity contribution in [1.29, 1.82) is 0 Å². The van der Waals surface area contributed by atoms with Crippen LogP contribution in [0.2, 0.25) is 0 Å². The van der Waals surface area contributed by atoms with Gasteiger partial charge in [-0.3, -0.25) is 4.79 Å². The molecule has 0 bridgehead atoms. The summed E-state index contributed by atoms with van der Waals surface area (Å²) in [5.41, 5.74) is 9.93. The molecule has 4 rings (SSSR count). The fraction of sp³-hybridized carbons (Fsp3) is 0.304. The van der Waals surface area contributed by atoms with Crippen molar-refractivity contribution in [3.8, 4) is 17.0 Å². The third kappa shape index (κ3) is 4.16. The molecule has 156 valence electrons. The van der Waals surface area contributed by atoms with Crippen LogP contribution in [0.4, 0.5) is 5.69 Å². The minimum atomic E-state index is -0.211. The van der Waals surface area contributed by atoms with Gasteiger partial charge in [-0.2, -0.15) is 5.10 Å². The predicted molar refractivity (Wildman–Crippen MR) is 115 cm³/mol. The number of nitrogens with two attached hydrogens (primary N) is 1. The number of nitrogens with zero attached hydrogens (tertiary/aromatic N) is 2. The minimum absolute atomic E-state index is 0.132. The third-order valence-corrected chi connectivity index (χ3v) is 5.23. The minimum Gasteiger partial charge on any atom is -0.496 e. The fourth-order valence-corrected chi connectivity index (χ4v) is 3.70. The molecular formula is C23H26N4O3. The molecule has 1 atom stereocenters. The van der Waals surface area contributed by atoms with Crippen molar-refractivity contribution in [1.82, 2.24) is 15.1 Å². The van der Waals surface area contributed by atoms with Crippen LogP contribution in [-0.2, 0) is 11.3 Å². The van der Waals surface area contributed by atoms with Crippen LogP contribution < -0.4 is 15.8 Å². The first-order chi connectivity index (χ1) is 14.7. The molecule has 1 amide bonds. The van der Waals surface area contributed by atoms with Crippen LogP contribution in [0, 0.1) is 0 Å². The lowest BCUT2D eigenvalue weighted by Crippen LogP contribution is -2.24. The zero-order valence-corrected chi connectivity index (χ0v) is 17.0. The zero-order chi connectivity index (χ0) is 20.9. The Morgan fingerprint density at radius 1 is 1.23 bits per heavy atom. The van der Waals surface area contributed by atoms with Crippen molar-refractivity contribution >= 4 is 11.6 Å². The Morgan fingerprint density at radius 2 is 2.03 bits per heavy atom. The van der Waals surface area contributed by atoms with Crippen molar-refractivity contribution in [2.75, 3.05) is 19.5 Å². The molecule has 1 saturated heterocycles. The number of aromatic nitrogens is 2. The fourth-order valence-electron chi connectivity index (χ4n) is 3.70. The van der Waals surface area contributed by atoms with Crippen LogP contribution in [-0.4, -0.2) is 29.4 Å². The zero-order valence-electron chi connectivity index (χ0n) is 17.0. The molecule has 2 heterocycles. The molecular weight excluding hydrogens is 380 g/mol. The van der Waals surface area contributed by atoms with E-state index in [-0.39, 0.29) is 18.7 Å². The van der Waals surface area contributed by atoms with Crippen molar-refractivity contribution in [3.63, 3.8) is 0 Å². The highest BCUT2D eigenvalue weighted by atomic mass is 16.5. The van der Waals surface area contributed by atoms with E-state index in [0.29, 0.717) is 23.6 Å². The Balaban J connectivity index is 1.59. The van der Waals surface area contributed by atoms with Crippen molar-refractivity contribution in [3.05, 3.63) is 65.9 Å². The molecule has 2 aromatic carbocycles. The molecule has 0 spiro atoms. The van der Waals surface area contributed by atoms with Gasteiger partial charge in [0.1, 0.15) is 5.75 Å². The second kappa shape index (κ2) is 9.00. The highest BCUT2D eigenvalue weighted by Gasteiger charge is 2.22. The molecule has 7 nitrogen and oxygen atoms in total. The summed E-state index contributed by atoms with van der Waals surface area (Å²) in [6.45, 7) is 1.00. The second-order valence-corrected chi connectivity index (χ2v) is 7.26. The number of hydrogen-bond acceptors (Lipinski definition) is 5. The highest BCUT2D eigenvalue weighted by Crippen LogP contribution is 2.32. The number of hydrogen-bond donors (Lipinski definition) is 2. The Kier molecular flexibility index (Phi) is 5.99. The second-order valence-electron chi connectivity index (χ2n) is 7.26. The molecule has 7 heteroatoms. The molecule has 0 radical (unpaired) electrons. The average molecular weight is 406 g/mol. The van der Waals surface area contributed by atoms with E-state index in [1.165, 1.54) is 0 Å². The van der Waals surface area contributed by atoms with E-state index in [1.807, 2.05) is 47.1 Å². The first-order valence-corrected chi connectivity index (χ1v) is 10.1. The summed E-state index contributed by atoms with van der Waals surface area (Å²) in [5, 5.41) is 7.68. The molecule has 1 aliphatic rings. The van der Waals surface area contributed by atoms with Crippen LogP contribution in [0.5, 0.6) is 5.75 Å². The lowest BCUT2D eigenvalue weighted by molar-refractivity contribution is -0.0385. The van der Waals surface area contributed by atoms with Crippen LogP contribution in [0.3, 0.4) is 0 Å². The molecule has 1 aromatic heterocycles. The standard InChI is InChI=1S/C23H26N4O3/c1-29-21-11-5-3-9-18(21)23(28)25-15-16-14-20(17-8-2-4-10-19(17)24)27(26-16)22-12-6-7-13-30-22/h2-5,8-11,14,22H,6-7,12-13,15,24H2,1H3,(H,25,28). The molecule has 1 unspecified atom stereocenters. The van der Waals surface area contributed by atoms with Crippen LogP contribution >= 0.6 is 0 Å². The van der Waals surface area contributed by atoms with Gasteiger partial charge < -0.3 is 20.5 Å². The van der Waals surface area contributed by atoms with Gasteiger partial charge in [0.05, 0.1) is 30.6 Å². The summed E-state index contributed by atoms with van der Waals surface area (Å²) in [6, 6.07) is 16.8. The molecule has 0 saturated carbocycles. The smallest absolute Gasteiger partial charge is 0.255 e. The van der Waals surface area contributed by atoms with Crippen molar-refractivity contribution in [2.45, 2.75) is 32.0 Å². The van der Waals surface area contributed by atoms with Gasteiger partial charge in [-0.25, -0.2) is 4.68 Å². The molecule has 0 aliphatic carbocycles. The first-order valence-electron chi connectivity index (χ1n) is 10.1. The van der Waals surface area contributed by atoms with E-state index >= 15 is 0 Å². The lowest BCUT2D eigenvalue weighted by Gasteiger charge is -2.24. The number of carbonyl (C=O) groups is 1. The molecule has 1 fully saturated rings. The summed E-state index contributed by atoms with van der Waals surface area (Å²) >= 11 is 0. The van der Waals surface area contributed by atoms with E-state index in [2.05, 4.69) is 5.32 Å². The van der Waals surface area contributed by atoms with Crippen LogP contribution in [0.15, 0.2) is 54.6 Å². The Bertz CT molecular complexity index is 1020. The molecule has 3 aromatic rings. The number of methoxy groups -OCH3 is 1.